The minimum atomic E-state index is -0.923. The molecule has 1 aromatic heterocycles. The predicted molar refractivity (Wildman–Crippen MR) is 69.0 cm³/mol. The molecule has 5 heteroatoms. The van der Waals surface area contributed by atoms with Gasteiger partial charge in [-0.25, -0.2) is 4.79 Å². The molecule has 0 bridgehead atoms. The van der Waals surface area contributed by atoms with Gasteiger partial charge < -0.3 is 10.0 Å². The molecule has 0 aromatic carbocycles. The van der Waals surface area contributed by atoms with Crippen LogP contribution in [-0.4, -0.2) is 34.4 Å². The minimum Gasteiger partial charge on any atom is -0.478 e. The molecule has 18 heavy (non-hydrogen) atoms. The van der Waals surface area contributed by atoms with Gasteiger partial charge in [0, 0.05) is 13.1 Å². The second-order valence-corrected chi connectivity index (χ2v) is 5.27. The summed E-state index contributed by atoms with van der Waals surface area (Å²) in [5.74, 6) is 0.694. The lowest BCUT2D eigenvalue weighted by Crippen LogP contribution is -2.25. The molecule has 1 fully saturated rings. The van der Waals surface area contributed by atoms with Crippen molar-refractivity contribution in [1.82, 2.24) is 10.2 Å². The molecule has 1 aliphatic rings. The van der Waals surface area contributed by atoms with E-state index in [0.29, 0.717) is 34.5 Å². The first-order chi connectivity index (χ1) is 8.41. The summed E-state index contributed by atoms with van der Waals surface area (Å²) in [4.78, 5) is 13.5. The SMILES string of the molecule is Cc1nnc(N2CC(C)C(C)C2)c(C(=O)O)c1C. The third-order valence-electron chi connectivity index (χ3n) is 3.94. The number of carboxylic acids is 1. The van der Waals surface area contributed by atoms with Crippen LogP contribution in [0.5, 0.6) is 0 Å². The molecule has 98 valence electrons. The lowest BCUT2D eigenvalue weighted by atomic mass is 10.0. The molecule has 2 atom stereocenters. The number of hydrogen-bond donors (Lipinski definition) is 1. The van der Waals surface area contributed by atoms with Crippen LogP contribution in [0.25, 0.3) is 0 Å². The number of nitrogens with zero attached hydrogens (tertiary/aromatic N) is 3. The average molecular weight is 249 g/mol. The van der Waals surface area contributed by atoms with Gasteiger partial charge in [-0.2, -0.15) is 5.10 Å². The van der Waals surface area contributed by atoms with Crippen LogP contribution in [-0.2, 0) is 0 Å². The van der Waals surface area contributed by atoms with E-state index in [1.54, 1.807) is 13.8 Å². The van der Waals surface area contributed by atoms with Gasteiger partial charge in [0.05, 0.1) is 5.69 Å². The second kappa shape index (κ2) is 4.55. The zero-order chi connectivity index (χ0) is 13.4. The molecule has 0 amide bonds. The Morgan fingerprint density at radius 3 is 2.28 bits per heavy atom. The highest BCUT2D eigenvalue weighted by Crippen LogP contribution is 2.30. The Balaban J connectivity index is 2.45. The van der Waals surface area contributed by atoms with Gasteiger partial charge in [-0.05, 0) is 31.2 Å². The van der Waals surface area contributed by atoms with Crippen LogP contribution < -0.4 is 4.90 Å². The molecule has 1 N–H and O–H groups in total. The average Bonchev–Trinajstić information content (AvgIpc) is 2.62. The maximum absolute atomic E-state index is 11.4. The quantitative estimate of drug-likeness (QED) is 0.867. The Hall–Kier alpha value is -1.65. The lowest BCUT2D eigenvalue weighted by molar-refractivity contribution is 0.0696. The molecule has 0 spiro atoms. The van der Waals surface area contributed by atoms with Crippen molar-refractivity contribution in [2.24, 2.45) is 11.8 Å². The number of anilines is 1. The summed E-state index contributed by atoms with van der Waals surface area (Å²) < 4.78 is 0. The molecule has 2 unspecified atom stereocenters. The molecule has 5 nitrogen and oxygen atoms in total. The summed E-state index contributed by atoms with van der Waals surface area (Å²) in [6.07, 6.45) is 0. The van der Waals surface area contributed by atoms with Crippen LogP contribution in [0.1, 0.15) is 35.5 Å². The third-order valence-corrected chi connectivity index (χ3v) is 3.94. The number of rotatable bonds is 2. The number of aromatic carboxylic acids is 1. The Bertz CT molecular complexity index is 477. The Labute approximate surface area is 107 Å². The van der Waals surface area contributed by atoms with Crippen molar-refractivity contribution < 1.29 is 9.90 Å². The van der Waals surface area contributed by atoms with E-state index < -0.39 is 5.97 Å². The summed E-state index contributed by atoms with van der Waals surface area (Å²) in [5, 5.41) is 17.5. The molecule has 2 heterocycles. The van der Waals surface area contributed by atoms with Gasteiger partial charge in [0.1, 0.15) is 5.56 Å². The molecule has 0 radical (unpaired) electrons. The van der Waals surface area contributed by atoms with E-state index in [4.69, 9.17) is 0 Å². The first kappa shape index (κ1) is 12.8. The number of aromatic nitrogens is 2. The van der Waals surface area contributed by atoms with E-state index in [0.717, 1.165) is 13.1 Å². The zero-order valence-electron chi connectivity index (χ0n) is 11.3. The summed E-state index contributed by atoms with van der Waals surface area (Å²) in [7, 11) is 0. The fourth-order valence-electron chi connectivity index (χ4n) is 2.38. The van der Waals surface area contributed by atoms with Crippen LogP contribution in [0.2, 0.25) is 0 Å². The minimum absolute atomic E-state index is 0.295. The van der Waals surface area contributed by atoms with E-state index in [-0.39, 0.29) is 0 Å². The Morgan fingerprint density at radius 1 is 1.22 bits per heavy atom. The largest absolute Gasteiger partial charge is 0.478 e. The van der Waals surface area contributed by atoms with Crippen LogP contribution in [0, 0.1) is 25.7 Å². The van der Waals surface area contributed by atoms with Crippen molar-refractivity contribution in [3.05, 3.63) is 16.8 Å². The van der Waals surface area contributed by atoms with Gasteiger partial charge in [-0.15, -0.1) is 5.10 Å². The van der Waals surface area contributed by atoms with Crippen LogP contribution in [0.3, 0.4) is 0 Å². The van der Waals surface area contributed by atoms with Crippen LogP contribution in [0.4, 0.5) is 5.82 Å². The first-order valence-corrected chi connectivity index (χ1v) is 6.24. The second-order valence-electron chi connectivity index (χ2n) is 5.27. The number of carboxylic acid groups (broad SMARTS) is 1. The number of carbonyl (C=O) groups is 1. The smallest absolute Gasteiger partial charge is 0.339 e. The first-order valence-electron chi connectivity index (χ1n) is 6.24. The van der Waals surface area contributed by atoms with Crippen molar-refractivity contribution in [3.63, 3.8) is 0 Å². The Morgan fingerprint density at radius 2 is 1.78 bits per heavy atom. The molecule has 0 aliphatic carbocycles. The van der Waals surface area contributed by atoms with Gasteiger partial charge in [-0.3, -0.25) is 0 Å². The highest BCUT2D eigenvalue weighted by molar-refractivity contribution is 5.95. The predicted octanol–water partition coefficient (Wildman–Crippen LogP) is 1.88. The molecular formula is C13H19N3O2. The van der Waals surface area contributed by atoms with Crippen LogP contribution in [0.15, 0.2) is 0 Å². The maximum atomic E-state index is 11.4. The van der Waals surface area contributed by atoms with Crippen molar-refractivity contribution >= 4 is 11.8 Å². The molecular weight excluding hydrogens is 230 g/mol. The molecule has 0 saturated carbocycles. The zero-order valence-corrected chi connectivity index (χ0v) is 11.3. The van der Waals surface area contributed by atoms with Gasteiger partial charge >= 0.3 is 5.97 Å². The summed E-state index contributed by atoms with van der Waals surface area (Å²) >= 11 is 0. The van der Waals surface area contributed by atoms with E-state index in [1.165, 1.54) is 0 Å². The van der Waals surface area contributed by atoms with Gasteiger partial charge in [-0.1, -0.05) is 13.8 Å². The molecule has 1 aromatic rings. The molecule has 1 saturated heterocycles. The number of aryl methyl sites for hydroxylation is 1. The summed E-state index contributed by atoms with van der Waals surface area (Å²) in [6.45, 7) is 9.63. The van der Waals surface area contributed by atoms with Gasteiger partial charge in [0.2, 0.25) is 0 Å². The lowest BCUT2D eigenvalue weighted by Gasteiger charge is -2.20. The van der Waals surface area contributed by atoms with Gasteiger partial charge in [0.15, 0.2) is 5.82 Å². The van der Waals surface area contributed by atoms with Gasteiger partial charge in [0.25, 0.3) is 0 Å². The van der Waals surface area contributed by atoms with Crippen molar-refractivity contribution in [2.45, 2.75) is 27.7 Å². The summed E-state index contributed by atoms with van der Waals surface area (Å²) in [5.41, 5.74) is 1.68. The summed E-state index contributed by atoms with van der Waals surface area (Å²) in [6, 6.07) is 0. The highest BCUT2D eigenvalue weighted by Gasteiger charge is 2.31. The third kappa shape index (κ3) is 2.05. The molecule has 2 rings (SSSR count). The monoisotopic (exact) mass is 249 g/mol. The maximum Gasteiger partial charge on any atom is 0.339 e. The number of hydrogen-bond acceptors (Lipinski definition) is 4. The van der Waals surface area contributed by atoms with E-state index in [2.05, 4.69) is 24.0 Å². The van der Waals surface area contributed by atoms with E-state index >= 15 is 0 Å². The van der Waals surface area contributed by atoms with Crippen molar-refractivity contribution in [1.29, 1.82) is 0 Å². The highest BCUT2D eigenvalue weighted by atomic mass is 16.4. The topological polar surface area (TPSA) is 66.3 Å². The van der Waals surface area contributed by atoms with E-state index in [1.807, 2.05) is 4.90 Å². The van der Waals surface area contributed by atoms with Crippen molar-refractivity contribution in [3.8, 4) is 0 Å². The molecule has 1 aliphatic heterocycles. The standard InChI is InChI=1S/C13H19N3O2/c1-7-5-16(6-8(7)2)12-11(13(17)18)9(3)10(4)14-15-12/h7-8H,5-6H2,1-4H3,(H,17,18). The van der Waals surface area contributed by atoms with Crippen LogP contribution >= 0.6 is 0 Å². The Kier molecular flexibility index (Phi) is 3.24. The van der Waals surface area contributed by atoms with E-state index in [9.17, 15) is 9.90 Å². The fourth-order valence-corrected chi connectivity index (χ4v) is 2.38. The normalized spacial score (nSPS) is 23.4. The van der Waals surface area contributed by atoms with Crippen molar-refractivity contribution in [2.75, 3.05) is 18.0 Å². The fraction of sp³-hybridized carbons (Fsp3) is 0.615.